The van der Waals surface area contributed by atoms with Gasteiger partial charge in [-0.1, -0.05) is 0 Å². The maximum atomic E-state index is 12.4. The van der Waals surface area contributed by atoms with Crippen LogP contribution in [0.15, 0.2) is 49.6 Å². The molecule has 1 saturated heterocycles. The van der Waals surface area contributed by atoms with E-state index in [2.05, 4.69) is 35.3 Å². The molecule has 132 valence electrons. The lowest BCUT2D eigenvalue weighted by atomic mass is 10.3. The normalized spacial score (nSPS) is 14.3. The van der Waals surface area contributed by atoms with Crippen molar-refractivity contribution >= 4 is 17.5 Å². The van der Waals surface area contributed by atoms with Crippen LogP contribution in [-0.4, -0.2) is 66.8 Å². The first-order valence-corrected chi connectivity index (χ1v) is 8.17. The Morgan fingerprint density at radius 1 is 0.962 bits per heavy atom. The molecule has 3 aromatic heterocycles. The van der Waals surface area contributed by atoms with Crippen molar-refractivity contribution in [2.24, 2.45) is 0 Å². The first-order valence-electron chi connectivity index (χ1n) is 8.17. The first kappa shape index (κ1) is 15.9. The molecule has 0 spiro atoms. The molecule has 0 saturated carbocycles. The summed E-state index contributed by atoms with van der Waals surface area (Å²) < 4.78 is 1.55. The van der Waals surface area contributed by atoms with Crippen LogP contribution in [0.25, 0.3) is 5.82 Å². The summed E-state index contributed by atoms with van der Waals surface area (Å²) in [7, 11) is 0. The van der Waals surface area contributed by atoms with E-state index in [1.54, 1.807) is 52.8 Å². The fourth-order valence-corrected chi connectivity index (χ4v) is 2.72. The van der Waals surface area contributed by atoms with Gasteiger partial charge in [0.2, 0.25) is 0 Å². The molecule has 10 nitrogen and oxygen atoms in total. The molecule has 26 heavy (non-hydrogen) atoms. The lowest BCUT2D eigenvalue weighted by Crippen LogP contribution is -2.50. The number of urea groups is 1. The summed E-state index contributed by atoms with van der Waals surface area (Å²) in [6.45, 7) is 2.67. The van der Waals surface area contributed by atoms with Crippen molar-refractivity contribution in [2.45, 2.75) is 0 Å². The number of amides is 2. The third-order valence-corrected chi connectivity index (χ3v) is 4.09. The molecule has 1 fully saturated rings. The Bertz CT molecular complexity index is 843. The molecule has 2 amide bonds. The Morgan fingerprint density at radius 3 is 2.50 bits per heavy atom. The lowest BCUT2D eigenvalue weighted by Gasteiger charge is -2.35. The first-order chi connectivity index (χ1) is 12.8. The summed E-state index contributed by atoms with van der Waals surface area (Å²) in [6.07, 6.45) is 9.66. The molecule has 0 atom stereocenters. The highest BCUT2D eigenvalue weighted by Gasteiger charge is 2.22. The number of hydrogen-bond donors (Lipinski definition) is 1. The van der Waals surface area contributed by atoms with Gasteiger partial charge < -0.3 is 15.1 Å². The van der Waals surface area contributed by atoms with Crippen LogP contribution in [0, 0.1) is 0 Å². The second kappa shape index (κ2) is 7.13. The van der Waals surface area contributed by atoms with E-state index < -0.39 is 0 Å². The molecule has 0 aromatic carbocycles. The molecule has 10 heteroatoms. The minimum absolute atomic E-state index is 0.140. The quantitative estimate of drug-likeness (QED) is 0.744. The van der Waals surface area contributed by atoms with Gasteiger partial charge in [0.05, 0.1) is 18.1 Å². The van der Waals surface area contributed by atoms with Crippen molar-refractivity contribution in [3.63, 3.8) is 0 Å². The second-order valence-corrected chi connectivity index (χ2v) is 5.71. The number of carbonyl (C=O) groups is 1. The molecule has 4 heterocycles. The van der Waals surface area contributed by atoms with Crippen molar-refractivity contribution < 1.29 is 4.79 Å². The third kappa shape index (κ3) is 3.43. The van der Waals surface area contributed by atoms with Gasteiger partial charge in [-0.05, 0) is 12.1 Å². The number of hydrogen-bond acceptors (Lipinski definition) is 7. The van der Waals surface area contributed by atoms with E-state index >= 15 is 0 Å². The van der Waals surface area contributed by atoms with Gasteiger partial charge in [0, 0.05) is 38.6 Å². The predicted molar refractivity (Wildman–Crippen MR) is 94.0 cm³/mol. The number of nitrogens with zero attached hydrogens (tertiary/aromatic N) is 8. The van der Waals surface area contributed by atoms with Gasteiger partial charge in [-0.2, -0.15) is 5.10 Å². The van der Waals surface area contributed by atoms with Gasteiger partial charge in [0.1, 0.15) is 18.5 Å². The Hall–Kier alpha value is -3.56. The molecular formula is C16H17N9O. The molecule has 1 aliphatic rings. The van der Waals surface area contributed by atoms with E-state index in [0.717, 1.165) is 18.9 Å². The number of aromatic nitrogens is 6. The predicted octanol–water partition coefficient (Wildman–Crippen LogP) is 0.806. The zero-order valence-corrected chi connectivity index (χ0v) is 13.9. The van der Waals surface area contributed by atoms with E-state index in [1.807, 2.05) is 0 Å². The minimum atomic E-state index is -0.140. The highest BCUT2D eigenvalue weighted by Crippen LogP contribution is 2.13. The highest BCUT2D eigenvalue weighted by molar-refractivity contribution is 5.89. The zero-order chi connectivity index (χ0) is 17.8. The molecule has 1 aliphatic heterocycles. The number of rotatable bonds is 3. The number of anilines is 2. The van der Waals surface area contributed by atoms with E-state index in [1.165, 1.54) is 6.33 Å². The van der Waals surface area contributed by atoms with Gasteiger partial charge in [-0.25, -0.2) is 24.4 Å². The molecule has 0 unspecified atom stereocenters. The van der Waals surface area contributed by atoms with Crippen LogP contribution in [0.3, 0.4) is 0 Å². The Balaban J connectivity index is 1.33. The fraction of sp³-hybridized carbons (Fsp3) is 0.250. The number of pyridine rings is 1. The molecule has 3 aromatic rings. The van der Waals surface area contributed by atoms with Crippen LogP contribution >= 0.6 is 0 Å². The molecule has 0 radical (unpaired) electrons. The van der Waals surface area contributed by atoms with Gasteiger partial charge in [0.25, 0.3) is 0 Å². The summed E-state index contributed by atoms with van der Waals surface area (Å²) in [6, 6.07) is 3.42. The van der Waals surface area contributed by atoms with Gasteiger partial charge >= 0.3 is 6.03 Å². The molecule has 0 bridgehead atoms. The monoisotopic (exact) mass is 351 g/mol. The topological polar surface area (TPSA) is 105 Å². The molecule has 0 aliphatic carbocycles. The number of piperazine rings is 1. The smallest absolute Gasteiger partial charge is 0.322 e. The minimum Gasteiger partial charge on any atom is -0.352 e. The van der Waals surface area contributed by atoms with Crippen molar-refractivity contribution in [3.8, 4) is 5.82 Å². The summed E-state index contributed by atoms with van der Waals surface area (Å²) in [4.78, 5) is 32.9. The second-order valence-electron chi connectivity index (χ2n) is 5.71. The largest absolute Gasteiger partial charge is 0.352 e. The lowest BCUT2D eigenvalue weighted by molar-refractivity contribution is 0.208. The van der Waals surface area contributed by atoms with Gasteiger partial charge in [-0.3, -0.25) is 4.98 Å². The fourth-order valence-electron chi connectivity index (χ4n) is 2.72. The van der Waals surface area contributed by atoms with E-state index in [0.29, 0.717) is 24.6 Å². The summed E-state index contributed by atoms with van der Waals surface area (Å²) >= 11 is 0. The summed E-state index contributed by atoms with van der Waals surface area (Å²) in [5.74, 6) is 1.47. The van der Waals surface area contributed by atoms with E-state index in [9.17, 15) is 4.79 Å². The summed E-state index contributed by atoms with van der Waals surface area (Å²) in [5, 5.41) is 6.89. The number of nitrogens with one attached hydrogen (secondary N) is 1. The maximum absolute atomic E-state index is 12.4. The summed E-state index contributed by atoms with van der Waals surface area (Å²) in [5.41, 5.74) is 0.634. The Labute approximate surface area is 149 Å². The molecular weight excluding hydrogens is 334 g/mol. The van der Waals surface area contributed by atoms with Crippen LogP contribution in [0.2, 0.25) is 0 Å². The van der Waals surface area contributed by atoms with Crippen molar-refractivity contribution in [1.29, 1.82) is 0 Å². The van der Waals surface area contributed by atoms with Crippen LogP contribution in [0.1, 0.15) is 0 Å². The van der Waals surface area contributed by atoms with E-state index in [-0.39, 0.29) is 6.03 Å². The standard InChI is InChI=1S/C16H17N9O/c26-16(22-13-1-2-14(20-9-13)25-12-18-11-21-25)24-7-5-23(6-8-24)15-10-17-3-4-19-15/h1-4,9-12H,5-8H2,(H,22,26). The van der Waals surface area contributed by atoms with E-state index in [4.69, 9.17) is 0 Å². The molecule has 4 rings (SSSR count). The van der Waals surface area contributed by atoms with Crippen LogP contribution in [0.5, 0.6) is 0 Å². The number of carbonyl (C=O) groups excluding carboxylic acids is 1. The maximum Gasteiger partial charge on any atom is 0.322 e. The Morgan fingerprint density at radius 2 is 1.85 bits per heavy atom. The third-order valence-electron chi connectivity index (χ3n) is 4.09. The molecule has 1 N–H and O–H groups in total. The van der Waals surface area contributed by atoms with Gasteiger partial charge in [0.15, 0.2) is 5.82 Å². The van der Waals surface area contributed by atoms with Gasteiger partial charge in [-0.15, -0.1) is 0 Å². The van der Waals surface area contributed by atoms with Crippen LogP contribution in [-0.2, 0) is 0 Å². The van der Waals surface area contributed by atoms with Crippen LogP contribution < -0.4 is 10.2 Å². The SMILES string of the molecule is O=C(Nc1ccc(-n2cncn2)nc1)N1CCN(c2cnccn2)CC1. The average Bonchev–Trinajstić information content (AvgIpc) is 3.24. The average molecular weight is 351 g/mol. The zero-order valence-electron chi connectivity index (χ0n) is 13.9. The Kier molecular flexibility index (Phi) is 4.37. The van der Waals surface area contributed by atoms with Crippen molar-refractivity contribution in [1.82, 2.24) is 34.6 Å². The van der Waals surface area contributed by atoms with Crippen molar-refractivity contribution in [3.05, 3.63) is 49.6 Å². The van der Waals surface area contributed by atoms with Crippen LogP contribution in [0.4, 0.5) is 16.3 Å². The van der Waals surface area contributed by atoms with Crippen molar-refractivity contribution in [2.75, 3.05) is 36.4 Å². The highest BCUT2D eigenvalue weighted by atomic mass is 16.2.